The van der Waals surface area contributed by atoms with Crippen molar-refractivity contribution in [2.24, 2.45) is 5.92 Å². The lowest BCUT2D eigenvalue weighted by Crippen LogP contribution is -2.32. The van der Waals surface area contributed by atoms with E-state index in [1.165, 1.54) is 18.5 Å². The molecular weight excluding hydrogens is 204 g/mol. The lowest BCUT2D eigenvalue weighted by Gasteiger charge is -2.32. The molecule has 0 atom stereocenters. The predicted octanol–water partition coefficient (Wildman–Crippen LogP) is 2.79. The number of piperidine rings is 1. The molecule has 0 saturated carbocycles. The molecule has 0 spiro atoms. The van der Waals surface area contributed by atoms with Crippen LogP contribution in [0.4, 0.5) is 11.4 Å². The van der Waals surface area contributed by atoms with Crippen LogP contribution in [-0.4, -0.2) is 13.1 Å². The zero-order valence-corrected chi connectivity index (χ0v) is 10.0. The van der Waals surface area contributed by atoms with Crippen molar-refractivity contribution in [2.75, 3.05) is 23.7 Å². The van der Waals surface area contributed by atoms with E-state index in [0.717, 1.165) is 29.6 Å². The average Bonchev–Trinajstić information content (AvgIpc) is 2.23. The molecule has 1 aromatic carbocycles. The first-order chi connectivity index (χ1) is 7.16. The third kappa shape index (κ3) is 2.40. The van der Waals surface area contributed by atoms with E-state index in [1.807, 2.05) is 6.07 Å². The minimum Gasteiger partial charge on any atom is -0.398 e. The summed E-state index contributed by atoms with van der Waals surface area (Å²) in [4.78, 5) is 3.30. The molecule has 0 bridgehead atoms. The van der Waals surface area contributed by atoms with Gasteiger partial charge < -0.3 is 10.6 Å². The third-order valence-corrected chi connectivity index (χ3v) is 3.55. The van der Waals surface area contributed by atoms with Crippen LogP contribution in [0.5, 0.6) is 0 Å². The minimum atomic E-state index is 0.757. The van der Waals surface area contributed by atoms with Gasteiger partial charge in [0.15, 0.2) is 0 Å². The monoisotopic (exact) mass is 222 g/mol. The second kappa shape index (κ2) is 4.35. The Bertz CT molecular complexity index is 343. The average molecular weight is 222 g/mol. The smallest absolute Gasteiger partial charge is 0.0451 e. The van der Waals surface area contributed by atoms with Gasteiger partial charge in [-0.1, -0.05) is 6.92 Å². The highest BCUT2D eigenvalue weighted by atomic mass is 32.1. The highest BCUT2D eigenvalue weighted by Crippen LogP contribution is 2.27. The zero-order valence-electron chi connectivity index (χ0n) is 9.11. The quantitative estimate of drug-likeness (QED) is 0.565. The van der Waals surface area contributed by atoms with Gasteiger partial charge in [-0.3, -0.25) is 0 Å². The predicted molar refractivity (Wildman–Crippen MR) is 68.7 cm³/mol. The molecule has 82 valence electrons. The number of hydrogen-bond donors (Lipinski definition) is 2. The number of hydrogen-bond acceptors (Lipinski definition) is 3. The topological polar surface area (TPSA) is 29.3 Å². The second-order valence-electron chi connectivity index (χ2n) is 4.41. The van der Waals surface area contributed by atoms with Gasteiger partial charge in [-0.15, -0.1) is 12.6 Å². The van der Waals surface area contributed by atoms with Crippen molar-refractivity contribution in [3.63, 3.8) is 0 Å². The van der Waals surface area contributed by atoms with E-state index in [-0.39, 0.29) is 0 Å². The van der Waals surface area contributed by atoms with E-state index in [2.05, 4.69) is 36.6 Å². The molecule has 15 heavy (non-hydrogen) atoms. The Balaban J connectivity index is 2.12. The van der Waals surface area contributed by atoms with Crippen LogP contribution in [-0.2, 0) is 0 Å². The zero-order chi connectivity index (χ0) is 10.8. The van der Waals surface area contributed by atoms with E-state index < -0.39 is 0 Å². The Morgan fingerprint density at radius 2 is 2.00 bits per heavy atom. The van der Waals surface area contributed by atoms with Crippen LogP contribution in [0.2, 0.25) is 0 Å². The normalized spacial score (nSPS) is 18.1. The number of nitrogens with zero attached hydrogens (tertiary/aromatic N) is 1. The van der Waals surface area contributed by atoms with Gasteiger partial charge in [0.25, 0.3) is 0 Å². The maximum atomic E-state index is 5.75. The largest absolute Gasteiger partial charge is 0.398 e. The highest BCUT2D eigenvalue weighted by Gasteiger charge is 2.16. The molecule has 1 aliphatic rings. The van der Waals surface area contributed by atoms with Gasteiger partial charge in [0, 0.05) is 29.4 Å². The molecule has 2 rings (SSSR count). The van der Waals surface area contributed by atoms with E-state index in [1.54, 1.807) is 0 Å². The summed E-state index contributed by atoms with van der Waals surface area (Å²) in [5.74, 6) is 0.866. The summed E-state index contributed by atoms with van der Waals surface area (Å²) in [6, 6.07) is 6.09. The van der Waals surface area contributed by atoms with Gasteiger partial charge in [-0.25, -0.2) is 0 Å². The van der Waals surface area contributed by atoms with Crippen LogP contribution >= 0.6 is 12.6 Å². The molecule has 1 aliphatic heterocycles. The molecule has 1 saturated heterocycles. The molecule has 0 aliphatic carbocycles. The molecular formula is C12H18N2S. The van der Waals surface area contributed by atoms with Gasteiger partial charge in [0.1, 0.15) is 0 Å². The first-order valence-corrected chi connectivity index (χ1v) is 5.95. The molecule has 0 amide bonds. The summed E-state index contributed by atoms with van der Waals surface area (Å²) in [6.45, 7) is 4.63. The van der Waals surface area contributed by atoms with Gasteiger partial charge >= 0.3 is 0 Å². The first-order valence-electron chi connectivity index (χ1n) is 5.50. The summed E-state index contributed by atoms with van der Waals surface area (Å²) in [5, 5.41) is 0. The Morgan fingerprint density at radius 1 is 1.33 bits per heavy atom. The SMILES string of the molecule is CC1CCN(c2ccc(N)c(S)c2)CC1. The molecule has 1 heterocycles. The van der Waals surface area contributed by atoms with Crippen LogP contribution in [0.15, 0.2) is 23.1 Å². The lowest BCUT2D eigenvalue weighted by atomic mass is 9.99. The number of rotatable bonds is 1. The molecule has 2 N–H and O–H groups in total. The molecule has 0 unspecified atom stereocenters. The molecule has 1 fully saturated rings. The first kappa shape index (κ1) is 10.7. The summed E-state index contributed by atoms with van der Waals surface area (Å²) >= 11 is 4.35. The van der Waals surface area contributed by atoms with E-state index in [4.69, 9.17) is 5.73 Å². The third-order valence-electron chi connectivity index (χ3n) is 3.16. The van der Waals surface area contributed by atoms with Crippen LogP contribution < -0.4 is 10.6 Å². The fourth-order valence-electron chi connectivity index (χ4n) is 2.00. The number of nitrogen functional groups attached to an aromatic ring is 1. The second-order valence-corrected chi connectivity index (χ2v) is 4.89. The lowest BCUT2D eigenvalue weighted by molar-refractivity contribution is 0.438. The fraction of sp³-hybridized carbons (Fsp3) is 0.500. The Kier molecular flexibility index (Phi) is 3.10. The Morgan fingerprint density at radius 3 is 2.60 bits per heavy atom. The maximum absolute atomic E-state index is 5.75. The number of thiol groups is 1. The molecule has 3 heteroatoms. The summed E-state index contributed by atoms with van der Waals surface area (Å²) in [7, 11) is 0. The molecule has 2 nitrogen and oxygen atoms in total. The van der Waals surface area contributed by atoms with Gasteiger partial charge in [-0.2, -0.15) is 0 Å². The van der Waals surface area contributed by atoms with Crippen LogP contribution in [0.1, 0.15) is 19.8 Å². The standard InChI is InChI=1S/C12H18N2S/c1-9-4-6-14(7-5-9)10-2-3-11(13)12(15)8-10/h2-3,8-9,15H,4-7,13H2,1H3. The summed E-state index contributed by atoms with van der Waals surface area (Å²) in [5.41, 5.74) is 7.75. The molecule has 0 radical (unpaired) electrons. The van der Waals surface area contributed by atoms with Crippen molar-refractivity contribution in [3.05, 3.63) is 18.2 Å². The van der Waals surface area contributed by atoms with Crippen molar-refractivity contribution in [3.8, 4) is 0 Å². The van der Waals surface area contributed by atoms with E-state index >= 15 is 0 Å². The maximum Gasteiger partial charge on any atom is 0.0451 e. The molecule has 1 aromatic rings. The van der Waals surface area contributed by atoms with Crippen molar-refractivity contribution in [1.29, 1.82) is 0 Å². The number of anilines is 2. The minimum absolute atomic E-state index is 0.757. The van der Waals surface area contributed by atoms with Gasteiger partial charge in [-0.05, 0) is 37.0 Å². The van der Waals surface area contributed by atoms with Crippen molar-refractivity contribution >= 4 is 24.0 Å². The van der Waals surface area contributed by atoms with Gasteiger partial charge in [0.2, 0.25) is 0 Å². The summed E-state index contributed by atoms with van der Waals surface area (Å²) in [6.07, 6.45) is 2.57. The van der Waals surface area contributed by atoms with Crippen molar-refractivity contribution in [2.45, 2.75) is 24.7 Å². The van der Waals surface area contributed by atoms with Crippen LogP contribution in [0.25, 0.3) is 0 Å². The number of benzene rings is 1. The van der Waals surface area contributed by atoms with E-state index in [0.29, 0.717) is 0 Å². The fourth-order valence-corrected chi connectivity index (χ4v) is 2.20. The van der Waals surface area contributed by atoms with Crippen molar-refractivity contribution in [1.82, 2.24) is 0 Å². The summed E-state index contributed by atoms with van der Waals surface area (Å²) < 4.78 is 0. The van der Waals surface area contributed by atoms with Crippen LogP contribution in [0.3, 0.4) is 0 Å². The highest BCUT2D eigenvalue weighted by molar-refractivity contribution is 7.80. The van der Waals surface area contributed by atoms with Crippen molar-refractivity contribution < 1.29 is 0 Å². The Hall–Kier alpha value is -0.830. The Labute approximate surface area is 96.9 Å². The molecule has 0 aromatic heterocycles. The number of nitrogens with two attached hydrogens (primary N) is 1. The van der Waals surface area contributed by atoms with Gasteiger partial charge in [0.05, 0.1) is 0 Å². The van der Waals surface area contributed by atoms with Crippen LogP contribution in [0, 0.1) is 5.92 Å². The van der Waals surface area contributed by atoms with E-state index in [9.17, 15) is 0 Å².